The normalized spacial score (nSPS) is 17.0. The largest absolute Gasteiger partial charge is 0.497 e. The molecule has 208 valence electrons. The first kappa shape index (κ1) is 30.3. The molecule has 4 rings (SSSR count). The number of rotatable bonds is 12. The minimum Gasteiger partial charge on any atom is -0.497 e. The molecule has 1 fully saturated rings. The maximum absolute atomic E-state index is 13.2. The van der Waals surface area contributed by atoms with Gasteiger partial charge in [-0.25, -0.2) is 0 Å². The first-order valence-corrected chi connectivity index (χ1v) is 14.3. The van der Waals surface area contributed by atoms with Crippen molar-refractivity contribution in [2.75, 3.05) is 17.3 Å². The molecule has 3 aromatic carbocycles. The lowest BCUT2D eigenvalue weighted by molar-refractivity contribution is -0.137. The maximum atomic E-state index is 13.2. The van der Waals surface area contributed by atoms with Gasteiger partial charge >= 0.3 is 5.97 Å². The van der Waals surface area contributed by atoms with E-state index in [1.54, 1.807) is 7.11 Å². The number of aliphatic hydroxyl groups excluding tert-OH is 1. The van der Waals surface area contributed by atoms with Gasteiger partial charge in [-0.3, -0.25) is 9.59 Å². The topological polar surface area (TPSA) is 113 Å². The molecule has 1 heterocycles. The molecule has 1 saturated heterocycles. The van der Waals surface area contributed by atoms with E-state index in [1.165, 1.54) is 0 Å². The second-order valence-corrected chi connectivity index (χ2v) is 10.2. The molecule has 3 unspecified atom stereocenters. The highest BCUT2D eigenvalue weighted by Crippen LogP contribution is 2.46. The number of hydrogen-bond acceptors (Lipinski definition) is 5. The first-order chi connectivity index (χ1) is 18.9. The fraction of sp³-hybridized carbons (Fsp3) is 0.355. The Morgan fingerprint density at radius 1 is 1.03 bits per heavy atom. The van der Waals surface area contributed by atoms with E-state index in [2.05, 4.69) is 15.9 Å². The van der Waals surface area contributed by atoms with Crippen LogP contribution < -0.4 is 15.4 Å². The summed E-state index contributed by atoms with van der Waals surface area (Å²) in [6, 6.07) is 25.2. The summed E-state index contributed by atoms with van der Waals surface area (Å²) >= 11 is 3.21. The number of anilines is 1. The Hall–Kier alpha value is -3.20. The summed E-state index contributed by atoms with van der Waals surface area (Å²) < 4.78 is 5.29. The number of nitrogens with two attached hydrogens (primary N) is 1. The lowest BCUT2D eigenvalue weighted by Crippen LogP contribution is -2.55. The van der Waals surface area contributed by atoms with Crippen molar-refractivity contribution in [3.63, 3.8) is 0 Å². The van der Waals surface area contributed by atoms with E-state index in [0.29, 0.717) is 25.8 Å². The number of carboxylic acids is 1. The second-order valence-electron chi connectivity index (χ2n) is 9.45. The van der Waals surface area contributed by atoms with Crippen molar-refractivity contribution < 1.29 is 24.5 Å². The molecule has 8 heteroatoms. The van der Waals surface area contributed by atoms with Crippen molar-refractivity contribution >= 4 is 33.5 Å². The Kier molecular flexibility index (Phi) is 12.0. The average molecular weight is 598 g/mol. The summed E-state index contributed by atoms with van der Waals surface area (Å²) in [5.41, 5.74) is 9.55. The van der Waals surface area contributed by atoms with E-state index in [9.17, 15) is 14.7 Å². The number of β-lactam (4-membered cyclic amide) rings is 1. The number of carbonyl (C=O) groups is 2. The van der Waals surface area contributed by atoms with Gasteiger partial charge in [0.1, 0.15) is 5.75 Å². The van der Waals surface area contributed by atoms with E-state index >= 15 is 0 Å². The van der Waals surface area contributed by atoms with Crippen molar-refractivity contribution in [2.24, 2.45) is 11.7 Å². The molecule has 39 heavy (non-hydrogen) atoms. The van der Waals surface area contributed by atoms with Crippen LogP contribution in [0.25, 0.3) is 0 Å². The van der Waals surface area contributed by atoms with Gasteiger partial charge in [-0.2, -0.15) is 0 Å². The second kappa shape index (κ2) is 15.4. The highest BCUT2D eigenvalue weighted by molar-refractivity contribution is 9.09. The number of hydrogen-bond donors (Lipinski definition) is 3. The number of ether oxygens (including phenoxy) is 1. The Morgan fingerprint density at radius 3 is 2.26 bits per heavy atom. The van der Waals surface area contributed by atoms with Crippen LogP contribution in [0.5, 0.6) is 5.75 Å². The molecule has 0 radical (unpaired) electrons. The van der Waals surface area contributed by atoms with E-state index < -0.39 is 12.1 Å². The van der Waals surface area contributed by atoms with Gasteiger partial charge in [0.15, 0.2) is 0 Å². The van der Waals surface area contributed by atoms with Gasteiger partial charge in [-0.1, -0.05) is 70.5 Å². The Morgan fingerprint density at radius 2 is 1.69 bits per heavy atom. The monoisotopic (exact) mass is 596 g/mol. The smallest absolute Gasteiger partial charge is 0.303 e. The number of halogens is 1. The van der Waals surface area contributed by atoms with Crippen LogP contribution in [0.1, 0.15) is 60.9 Å². The summed E-state index contributed by atoms with van der Waals surface area (Å²) in [7, 11) is 1.64. The summed E-state index contributed by atoms with van der Waals surface area (Å²) in [6.45, 7) is 0.468. The lowest BCUT2D eigenvalue weighted by atomic mass is 9.78. The van der Waals surface area contributed by atoms with Gasteiger partial charge in [0, 0.05) is 24.0 Å². The molecule has 1 aliphatic heterocycles. The molecule has 1 aliphatic rings. The van der Waals surface area contributed by atoms with Gasteiger partial charge in [-0.15, -0.1) is 0 Å². The molecule has 3 atom stereocenters. The Balaban J connectivity index is 0.000000459. The number of unbranched alkanes of at least 4 members (excludes halogenated alkanes) is 1. The van der Waals surface area contributed by atoms with Crippen LogP contribution in [0.2, 0.25) is 0 Å². The SMILES string of the molecule is COc1ccc(C2C(CCC(O)c3ccccc3)C(=O)N2c2ccc(CN)cc2)cc1.O=C(O)CCCCBr. The van der Waals surface area contributed by atoms with Crippen LogP contribution in [-0.4, -0.2) is 34.5 Å². The molecule has 0 spiro atoms. The molecule has 0 aliphatic carbocycles. The predicted octanol–water partition coefficient (Wildman–Crippen LogP) is 6.01. The zero-order valence-electron chi connectivity index (χ0n) is 22.2. The van der Waals surface area contributed by atoms with Crippen LogP contribution in [-0.2, 0) is 16.1 Å². The zero-order chi connectivity index (χ0) is 28.2. The van der Waals surface area contributed by atoms with Gasteiger partial charge in [-0.05, 0) is 66.6 Å². The van der Waals surface area contributed by atoms with Crippen LogP contribution in [0.3, 0.4) is 0 Å². The third kappa shape index (κ3) is 8.39. The number of methoxy groups -OCH3 is 1. The van der Waals surface area contributed by atoms with Crippen LogP contribution in [0.15, 0.2) is 78.9 Å². The molecular weight excluding hydrogens is 560 g/mol. The number of amides is 1. The van der Waals surface area contributed by atoms with Crippen molar-refractivity contribution in [3.05, 3.63) is 95.6 Å². The lowest BCUT2D eigenvalue weighted by Gasteiger charge is -2.48. The Labute approximate surface area is 238 Å². The Bertz CT molecular complexity index is 1170. The quantitative estimate of drug-likeness (QED) is 0.134. The van der Waals surface area contributed by atoms with Crippen molar-refractivity contribution in [1.29, 1.82) is 0 Å². The molecule has 1 amide bonds. The summed E-state index contributed by atoms with van der Waals surface area (Å²) in [6.07, 6.45) is 2.59. The number of alkyl halides is 1. The van der Waals surface area contributed by atoms with Gasteiger partial charge in [0.25, 0.3) is 0 Å². The molecule has 4 N–H and O–H groups in total. The van der Waals surface area contributed by atoms with Gasteiger partial charge in [0.2, 0.25) is 5.91 Å². The predicted molar refractivity (Wildman–Crippen MR) is 157 cm³/mol. The minimum absolute atomic E-state index is 0.0786. The molecule has 0 saturated carbocycles. The van der Waals surface area contributed by atoms with Crippen LogP contribution in [0.4, 0.5) is 5.69 Å². The fourth-order valence-electron chi connectivity index (χ4n) is 4.64. The average Bonchev–Trinajstić information content (AvgIpc) is 2.97. The highest BCUT2D eigenvalue weighted by atomic mass is 79.9. The number of benzene rings is 3. The number of aliphatic hydroxyl groups is 1. The third-order valence-corrected chi connectivity index (χ3v) is 7.39. The van der Waals surface area contributed by atoms with Crippen molar-refractivity contribution in [2.45, 2.75) is 50.8 Å². The first-order valence-electron chi connectivity index (χ1n) is 13.2. The summed E-state index contributed by atoms with van der Waals surface area (Å²) in [4.78, 5) is 24.9. The van der Waals surface area contributed by atoms with Crippen LogP contribution >= 0.6 is 15.9 Å². The van der Waals surface area contributed by atoms with Gasteiger partial charge in [0.05, 0.1) is 25.2 Å². The summed E-state index contributed by atoms with van der Waals surface area (Å²) in [5.74, 6) is -0.0160. The number of aliphatic carboxylic acids is 1. The number of carbonyl (C=O) groups excluding carboxylic acids is 1. The van der Waals surface area contributed by atoms with Crippen molar-refractivity contribution in [1.82, 2.24) is 0 Å². The van der Waals surface area contributed by atoms with E-state index in [1.807, 2.05) is 83.8 Å². The molecule has 7 nitrogen and oxygen atoms in total. The number of nitrogens with zero attached hydrogens (tertiary/aromatic N) is 1. The maximum Gasteiger partial charge on any atom is 0.303 e. The summed E-state index contributed by atoms with van der Waals surface area (Å²) in [5, 5.41) is 19.6. The standard InChI is InChI=1S/C26H28N2O3.C5H9BrO2/c1-31-22-13-9-20(10-14-22)25-23(15-16-24(29)19-5-3-2-4-6-19)26(30)28(25)21-11-7-18(17-27)8-12-21;6-4-2-1-3-5(7)8/h2-14,23-25,29H,15-17,27H2,1H3;1-4H2,(H,7,8). The molecule has 3 aromatic rings. The fourth-order valence-corrected chi connectivity index (χ4v) is 5.04. The minimum atomic E-state index is -0.703. The molecule has 0 bridgehead atoms. The zero-order valence-corrected chi connectivity index (χ0v) is 23.8. The van der Waals surface area contributed by atoms with E-state index in [-0.39, 0.29) is 17.9 Å². The third-order valence-electron chi connectivity index (χ3n) is 6.83. The van der Waals surface area contributed by atoms with E-state index in [4.69, 9.17) is 15.6 Å². The van der Waals surface area contributed by atoms with Gasteiger partial charge < -0.3 is 25.6 Å². The van der Waals surface area contributed by atoms with Crippen LogP contribution in [0, 0.1) is 5.92 Å². The molecular formula is C31H37BrN2O5. The molecule has 0 aromatic heterocycles. The van der Waals surface area contributed by atoms with E-state index in [0.717, 1.165) is 46.3 Å². The number of carboxylic acid groups (broad SMARTS) is 1. The highest BCUT2D eigenvalue weighted by Gasteiger charge is 2.48. The van der Waals surface area contributed by atoms with Crippen molar-refractivity contribution in [3.8, 4) is 5.75 Å².